The number of aromatic nitrogens is 1. The number of nitrogens with zero attached hydrogens (tertiary/aromatic N) is 1. The van der Waals surface area contributed by atoms with Crippen molar-refractivity contribution in [2.45, 2.75) is 19.9 Å². The first-order valence-corrected chi connectivity index (χ1v) is 8.59. The Labute approximate surface area is 156 Å². The van der Waals surface area contributed by atoms with Crippen molar-refractivity contribution in [3.05, 3.63) is 51.7 Å². The van der Waals surface area contributed by atoms with Crippen LogP contribution in [0.15, 0.2) is 39.2 Å². The molecule has 0 N–H and O–H groups in total. The van der Waals surface area contributed by atoms with E-state index in [0.29, 0.717) is 32.9 Å². The molecule has 2 aromatic heterocycles. The van der Waals surface area contributed by atoms with Gasteiger partial charge < -0.3 is 18.3 Å². The first kappa shape index (κ1) is 18.1. The van der Waals surface area contributed by atoms with Crippen molar-refractivity contribution >= 4 is 24.9 Å². The van der Waals surface area contributed by atoms with Crippen molar-refractivity contribution in [3.63, 3.8) is 0 Å². The molecule has 0 amide bonds. The van der Waals surface area contributed by atoms with Crippen molar-refractivity contribution in [2.75, 3.05) is 14.2 Å². The second-order valence-electron chi connectivity index (χ2n) is 6.04. The van der Waals surface area contributed by atoms with E-state index >= 15 is 0 Å². The molecule has 1 aromatic carbocycles. The maximum Gasteiger partial charge on any atom is 0.194 e. The zero-order chi connectivity index (χ0) is 18.8. The second-order valence-corrected chi connectivity index (χ2v) is 6.43. The molecule has 0 aliphatic heterocycles. The Balaban J connectivity index is 2.03. The Morgan fingerprint density at radius 1 is 1.12 bits per heavy atom. The Hall–Kier alpha value is -2.73. The highest BCUT2D eigenvalue weighted by Gasteiger charge is 2.12. The lowest BCUT2D eigenvalue weighted by atomic mass is 10.1. The smallest absolute Gasteiger partial charge is 0.194 e. The standard InChI is InChI=1S/C20H21NO4S/c1-12(2)21-13(3)24-19(20(21)26)11-15-7-9-17(25-15)16-8-6-14(22-4)10-18(16)23-5/h6-12H,3H2,1-2,4-5H3. The molecule has 2 heterocycles. The summed E-state index contributed by atoms with van der Waals surface area (Å²) < 4.78 is 24.8. The molecule has 3 rings (SSSR count). The normalized spacial score (nSPS) is 12.0. The molecule has 0 saturated heterocycles. The molecule has 0 saturated carbocycles. The summed E-state index contributed by atoms with van der Waals surface area (Å²) in [7, 11) is 3.23. The molecule has 0 spiro atoms. The number of rotatable bonds is 5. The summed E-state index contributed by atoms with van der Waals surface area (Å²) in [5.74, 6) is 2.70. The summed E-state index contributed by atoms with van der Waals surface area (Å²) in [4.78, 5) is 0. The van der Waals surface area contributed by atoms with Crippen LogP contribution in [-0.4, -0.2) is 18.8 Å². The Bertz CT molecular complexity index is 1090. The van der Waals surface area contributed by atoms with E-state index < -0.39 is 0 Å². The molecule has 6 heteroatoms. The van der Waals surface area contributed by atoms with Gasteiger partial charge in [-0.05, 0) is 44.7 Å². The molecular weight excluding hydrogens is 350 g/mol. The van der Waals surface area contributed by atoms with Crippen molar-refractivity contribution in [1.82, 2.24) is 4.57 Å². The second kappa shape index (κ2) is 7.25. The van der Waals surface area contributed by atoms with Crippen molar-refractivity contribution in [3.8, 4) is 22.8 Å². The molecule has 0 aliphatic carbocycles. The van der Waals surface area contributed by atoms with Crippen LogP contribution in [0.5, 0.6) is 11.5 Å². The monoisotopic (exact) mass is 371 g/mol. The highest BCUT2D eigenvalue weighted by molar-refractivity contribution is 7.71. The predicted octanol–water partition coefficient (Wildman–Crippen LogP) is 3.91. The predicted molar refractivity (Wildman–Crippen MR) is 104 cm³/mol. The fraction of sp³-hybridized carbons (Fsp3) is 0.250. The van der Waals surface area contributed by atoms with Gasteiger partial charge in [-0.15, -0.1) is 0 Å². The van der Waals surface area contributed by atoms with Gasteiger partial charge in [0.05, 0.1) is 19.8 Å². The minimum atomic E-state index is 0.177. The van der Waals surface area contributed by atoms with Gasteiger partial charge in [-0.25, -0.2) is 0 Å². The summed E-state index contributed by atoms with van der Waals surface area (Å²) in [6.45, 7) is 7.97. The van der Waals surface area contributed by atoms with Gasteiger partial charge in [-0.2, -0.15) is 0 Å². The summed E-state index contributed by atoms with van der Waals surface area (Å²) in [5, 5.41) is 0. The molecule has 0 unspecified atom stereocenters. The van der Waals surface area contributed by atoms with Gasteiger partial charge in [0.1, 0.15) is 23.0 Å². The number of furan rings is 1. The van der Waals surface area contributed by atoms with E-state index in [1.807, 2.05) is 48.7 Å². The number of hydrogen-bond acceptors (Lipinski definition) is 5. The minimum Gasteiger partial charge on any atom is -0.497 e. The van der Waals surface area contributed by atoms with Crippen LogP contribution in [0.2, 0.25) is 0 Å². The molecule has 0 bridgehead atoms. The quantitative estimate of drug-likeness (QED) is 0.637. The fourth-order valence-corrected chi connectivity index (χ4v) is 3.19. The average Bonchev–Trinajstić information content (AvgIpc) is 3.19. The van der Waals surface area contributed by atoms with E-state index in [4.69, 9.17) is 30.5 Å². The first-order valence-electron chi connectivity index (χ1n) is 8.19. The number of oxazole rings is 1. The average molecular weight is 371 g/mol. The zero-order valence-corrected chi connectivity index (χ0v) is 16.1. The third kappa shape index (κ3) is 3.32. The third-order valence-electron chi connectivity index (χ3n) is 4.02. The highest BCUT2D eigenvalue weighted by atomic mass is 32.1. The van der Waals surface area contributed by atoms with Crippen LogP contribution in [-0.2, 0) is 0 Å². The number of methoxy groups -OCH3 is 2. The fourth-order valence-electron chi connectivity index (χ4n) is 2.77. The van der Waals surface area contributed by atoms with E-state index in [1.165, 1.54) is 0 Å². The topological polar surface area (TPSA) is 49.7 Å². The Kier molecular flexibility index (Phi) is 5.04. The molecule has 0 atom stereocenters. The molecule has 0 fully saturated rings. The molecule has 5 nitrogen and oxygen atoms in total. The maximum atomic E-state index is 5.94. The molecule has 0 radical (unpaired) electrons. The first-order chi connectivity index (χ1) is 12.4. The van der Waals surface area contributed by atoms with Crippen LogP contribution in [0.4, 0.5) is 0 Å². The maximum absolute atomic E-state index is 5.94. The molecule has 0 aliphatic rings. The third-order valence-corrected chi connectivity index (χ3v) is 4.41. The summed E-state index contributed by atoms with van der Waals surface area (Å²) >= 11 is 5.48. The van der Waals surface area contributed by atoms with Crippen molar-refractivity contribution < 1.29 is 18.3 Å². The number of hydrogen-bond donors (Lipinski definition) is 0. The molecule has 136 valence electrons. The van der Waals surface area contributed by atoms with Gasteiger partial charge in [-0.1, -0.05) is 12.2 Å². The zero-order valence-electron chi connectivity index (χ0n) is 15.2. The van der Waals surface area contributed by atoms with E-state index in [1.54, 1.807) is 20.3 Å². The van der Waals surface area contributed by atoms with Gasteiger partial charge >= 0.3 is 0 Å². The molecule has 26 heavy (non-hydrogen) atoms. The lowest BCUT2D eigenvalue weighted by Crippen LogP contribution is -2.15. The van der Waals surface area contributed by atoms with E-state index in [-0.39, 0.29) is 6.04 Å². The summed E-state index contributed by atoms with van der Waals surface area (Å²) in [6.07, 6.45) is 1.77. The van der Waals surface area contributed by atoms with Gasteiger partial charge in [0, 0.05) is 18.2 Å². The van der Waals surface area contributed by atoms with Crippen LogP contribution >= 0.6 is 12.2 Å². The van der Waals surface area contributed by atoms with E-state index in [2.05, 4.69) is 6.58 Å². The largest absolute Gasteiger partial charge is 0.497 e. The van der Waals surface area contributed by atoms with Crippen LogP contribution in [0.1, 0.15) is 25.6 Å². The summed E-state index contributed by atoms with van der Waals surface area (Å²) in [6, 6.07) is 9.49. The number of benzene rings is 1. The lowest BCUT2D eigenvalue weighted by molar-refractivity contribution is 0.394. The van der Waals surface area contributed by atoms with Crippen LogP contribution < -0.4 is 20.4 Å². The highest BCUT2D eigenvalue weighted by Crippen LogP contribution is 2.34. The van der Waals surface area contributed by atoms with Crippen LogP contribution in [0.3, 0.4) is 0 Å². The Morgan fingerprint density at radius 3 is 2.50 bits per heavy atom. The van der Waals surface area contributed by atoms with E-state index in [0.717, 1.165) is 11.3 Å². The van der Waals surface area contributed by atoms with E-state index in [9.17, 15) is 0 Å². The van der Waals surface area contributed by atoms with Gasteiger partial charge in [-0.3, -0.25) is 4.57 Å². The summed E-state index contributed by atoms with van der Waals surface area (Å²) in [5.41, 5.74) is 1.92. The van der Waals surface area contributed by atoms with Crippen molar-refractivity contribution in [2.24, 2.45) is 0 Å². The molecular formula is C20H21NO4S. The van der Waals surface area contributed by atoms with Gasteiger partial charge in [0.15, 0.2) is 15.6 Å². The lowest BCUT2D eigenvalue weighted by Gasteiger charge is -2.08. The number of ether oxygens (including phenoxy) is 2. The molecule has 3 aromatic rings. The minimum absolute atomic E-state index is 0.177. The van der Waals surface area contributed by atoms with Crippen LogP contribution in [0, 0.1) is 4.64 Å². The van der Waals surface area contributed by atoms with Crippen molar-refractivity contribution in [1.29, 1.82) is 0 Å². The Morgan fingerprint density at radius 2 is 1.88 bits per heavy atom. The van der Waals surface area contributed by atoms with Gasteiger partial charge in [0.25, 0.3) is 0 Å². The van der Waals surface area contributed by atoms with Gasteiger partial charge in [0.2, 0.25) is 0 Å². The van der Waals surface area contributed by atoms with Crippen LogP contribution in [0.25, 0.3) is 24.0 Å². The SMILES string of the molecule is C=c1oc(=Cc2ccc(-c3ccc(OC)cc3OC)o2)c(=S)n1C(C)C.